The van der Waals surface area contributed by atoms with Crippen LogP contribution in [0.2, 0.25) is 0 Å². The molecule has 0 aliphatic carbocycles. The summed E-state index contributed by atoms with van der Waals surface area (Å²) < 4.78 is 0. The first-order chi connectivity index (χ1) is 9.36. The zero-order chi connectivity index (χ0) is 15.3. The van der Waals surface area contributed by atoms with Crippen molar-refractivity contribution in [3.05, 3.63) is 29.3 Å². The van der Waals surface area contributed by atoms with E-state index in [1.807, 2.05) is 39.0 Å². The van der Waals surface area contributed by atoms with Crippen molar-refractivity contribution in [3.63, 3.8) is 0 Å². The van der Waals surface area contributed by atoms with Crippen molar-refractivity contribution in [1.29, 1.82) is 0 Å². The monoisotopic (exact) mass is 278 g/mol. The van der Waals surface area contributed by atoms with Crippen molar-refractivity contribution in [2.24, 2.45) is 0 Å². The lowest BCUT2D eigenvalue weighted by molar-refractivity contribution is -0.137. The fraction of sp³-hybridized carbons (Fsp3) is 0.467. The number of rotatable bonds is 5. The molecule has 0 saturated heterocycles. The molecule has 0 spiro atoms. The molecule has 1 aromatic carbocycles. The zero-order valence-electron chi connectivity index (χ0n) is 12.5. The summed E-state index contributed by atoms with van der Waals surface area (Å²) in [5.74, 6) is -0.898. The Morgan fingerprint density at radius 1 is 1.25 bits per heavy atom. The van der Waals surface area contributed by atoms with Crippen LogP contribution < -0.4 is 4.90 Å². The Labute approximate surface area is 119 Å². The van der Waals surface area contributed by atoms with Crippen molar-refractivity contribution in [2.75, 3.05) is 25.0 Å². The summed E-state index contributed by atoms with van der Waals surface area (Å²) in [4.78, 5) is 26.1. The number of aryl methyl sites for hydroxylation is 2. The molecule has 20 heavy (non-hydrogen) atoms. The Kier molecular flexibility index (Phi) is 5.55. The highest BCUT2D eigenvalue weighted by atomic mass is 16.4. The maximum Gasteiger partial charge on any atom is 0.324 e. The molecule has 0 heterocycles. The van der Waals surface area contributed by atoms with E-state index in [1.54, 1.807) is 11.9 Å². The van der Waals surface area contributed by atoms with Crippen molar-refractivity contribution >= 4 is 17.7 Å². The van der Waals surface area contributed by atoms with Crippen LogP contribution in [-0.4, -0.2) is 42.1 Å². The quantitative estimate of drug-likeness (QED) is 0.900. The summed E-state index contributed by atoms with van der Waals surface area (Å²) in [7, 11) is 1.71. The normalized spacial score (nSPS) is 10.2. The van der Waals surface area contributed by atoms with Crippen LogP contribution in [0.25, 0.3) is 0 Å². The summed E-state index contributed by atoms with van der Waals surface area (Å²) in [6, 6.07) is 5.71. The molecule has 0 aliphatic rings. The van der Waals surface area contributed by atoms with Gasteiger partial charge in [-0.05, 0) is 32.4 Å². The van der Waals surface area contributed by atoms with Gasteiger partial charge in [-0.3, -0.25) is 9.69 Å². The molecule has 0 atom stereocenters. The van der Waals surface area contributed by atoms with Gasteiger partial charge in [-0.2, -0.15) is 0 Å². The Morgan fingerprint density at radius 2 is 1.90 bits per heavy atom. The molecule has 2 amide bonds. The second kappa shape index (κ2) is 6.93. The zero-order valence-corrected chi connectivity index (χ0v) is 12.5. The molecule has 0 bridgehead atoms. The third kappa shape index (κ3) is 3.98. The predicted octanol–water partition coefficient (Wildman–Crippen LogP) is 2.66. The van der Waals surface area contributed by atoms with Gasteiger partial charge in [-0.15, -0.1) is 0 Å². The number of benzene rings is 1. The summed E-state index contributed by atoms with van der Waals surface area (Å²) in [5.41, 5.74) is 3.01. The smallest absolute Gasteiger partial charge is 0.324 e. The molecule has 0 unspecified atom stereocenters. The molecule has 0 fully saturated rings. The Morgan fingerprint density at radius 3 is 2.40 bits per heavy atom. The number of amides is 2. The van der Waals surface area contributed by atoms with Crippen LogP contribution in [0.5, 0.6) is 0 Å². The lowest BCUT2D eigenvalue weighted by atomic mass is 10.1. The molecule has 1 rings (SSSR count). The summed E-state index contributed by atoms with van der Waals surface area (Å²) >= 11 is 0. The standard InChI is InChI=1S/C15H22N2O3/c1-5-17(9-8-14(18)19)15(20)16(4)13-7-6-11(2)10-12(13)3/h6-7,10H,5,8-9H2,1-4H3,(H,18,19). The number of urea groups is 1. The van der Waals surface area contributed by atoms with E-state index in [-0.39, 0.29) is 19.0 Å². The van der Waals surface area contributed by atoms with Gasteiger partial charge in [0.15, 0.2) is 0 Å². The van der Waals surface area contributed by atoms with Gasteiger partial charge in [0.05, 0.1) is 6.42 Å². The van der Waals surface area contributed by atoms with Gasteiger partial charge in [0.1, 0.15) is 0 Å². The highest BCUT2D eigenvalue weighted by molar-refractivity contribution is 5.92. The number of carbonyl (C=O) groups excluding carboxylic acids is 1. The average Bonchev–Trinajstić information content (AvgIpc) is 2.38. The molecule has 0 saturated carbocycles. The van der Waals surface area contributed by atoms with E-state index in [0.717, 1.165) is 16.8 Å². The summed E-state index contributed by atoms with van der Waals surface area (Å²) in [6.07, 6.45) is -0.0414. The first-order valence-electron chi connectivity index (χ1n) is 6.68. The third-order valence-electron chi connectivity index (χ3n) is 3.25. The Bertz CT molecular complexity index is 500. The number of carboxylic acids is 1. The molecule has 110 valence electrons. The summed E-state index contributed by atoms with van der Waals surface area (Å²) in [6.45, 7) is 6.51. The van der Waals surface area contributed by atoms with E-state index >= 15 is 0 Å². The van der Waals surface area contributed by atoms with E-state index in [4.69, 9.17) is 5.11 Å². The van der Waals surface area contributed by atoms with Gasteiger partial charge in [0.25, 0.3) is 0 Å². The number of carboxylic acid groups (broad SMARTS) is 1. The van der Waals surface area contributed by atoms with Crippen LogP contribution in [-0.2, 0) is 4.79 Å². The second-order valence-electron chi connectivity index (χ2n) is 4.85. The number of hydrogen-bond donors (Lipinski definition) is 1. The molecule has 5 heteroatoms. The predicted molar refractivity (Wildman–Crippen MR) is 79.2 cm³/mol. The van der Waals surface area contributed by atoms with Crippen LogP contribution in [0.1, 0.15) is 24.5 Å². The number of anilines is 1. The molecular weight excluding hydrogens is 256 g/mol. The van der Waals surface area contributed by atoms with E-state index < -0.39 is 5.97 Å². The number of carbonyl (C=O) groups is 2. The van der Waals surface area contributed by atoms with Gasteiger partial charge in [-0.25, -0.2) is 4.79 Å². The molecule has 0 radical (unpaired) electrons. The van der Waals surface area contributed by atoms with Crippen molar-refractivity contribution in [1.82, 2.24) is 4.90 Å². The lowest BCUT2D eigenvalue weighted by Crippen LogP contribution is -2.42. The third-order valence-corrected chi connectivity index (χ3v) is 3.25. The SMILES string of the molecule is CCN(CCC(=O)O)C(=O)N(C)c1ccc(C)cc1C. The van der Waals surface area contributed by atoms with Crippen molar-refractivity contribution in [2.45, 2.75) is 27.2 Å². The van der Waals surface area contributed by atoms with Crippen LogP contribution in [0.15, 0.2) is 18.2 Å². The van der Waals surface area contributed by atoms with E-state index in [0.29, 0.717) is 6.54 Å². The van der Waals surface area contributed by atoms with E-state index in [9.17, 15) is 9.59 Å². The fourth-order valence-electron chi connectivity index (χ4n) is 2.12. The number of aliphatic carboxylic acids is 1. The highest BCUT2D eigenvalue weighted by Gasteiger charge is 2.19. The molecule has 5 nitrogen and oxygen atoms in total. The number of nitrogens with zero attached hydrogens (tertiary/aromatic N) is 2. The highest BCUT2D eigenvalue weighted by Crippen LogP contribution is 2.21. The average molecular weight is 278 g/mol. The van der Waals surface area contributed by atoms with Gasteiger partial charge >= 0.3 is 12.0 Å². The molecule has 1 aromatic rings. The van der Waals surface area contributed by atoms with Gasteiger partial charge in [0.2, 0.25) is 0 Å². The van der Waals surface area contributed by atoms with E-state index in [2.05, 4.69) is 0 Å². The van der Waals surface area contributed by atoms with Crippen LogP contribution in [0, 0.1) is 13.8 Å². The van der Waals surface area contributed by atoms with Crippen molar-refractivity contribution in [3.8, 4) is 0 Å². The van der Waals surface area contributed by atoms with Gasteiger partial charge < -0.3 is 10.0 Å². The molecule has 0 aliphatic heterocycles. The Balaban J connectivity index is 2.85. The first-order valence-corrected chi connectivity index (χ1v) is 6.68. The van der Waals surface area contributed by atoms with E-state index in [1.165, 1.54) is 4.90 Å². The fourth-order valence-corrected chi connectivity index (χ4v) is 2.12. The van der Waals surface area contributed by atoms with Crippen LogP contribution >= 0.6 is 0 Å². The minimum atomic E-state index is -0.898. The first kappa shape index (κ1) is 16.0. The van der Waals surface area contributed by atoms with Crippen LogP contribution in [0.3, 0.4) is 0 Å². The maximum absolute atomic E-state index is 12.4. The Hall–Kier alpha value is -2.04. The largest absolute Gasteiger partial charge is 0.481 e. The molecule has 0 aromatic heterocycles. The van der Waals surface area contributed by atoms with Crippen LogP contribution in [0.4, 0.5) is 10.5 Å². The summed E-state index contributed by atoms with van der Waals surface area (Å²) in [5, 5.41) is 8.72. The lowest BCUT2D eigenvalue weighted by Gasteiger charge is -2.28. The second-order valence-corrected chi connectivity index (χ2v) is 4.85. The maximum atomic E-state index is 12.4. The number of hydrogen-bond acceptors (Lipinski definition) is 2. The van der Waals surface area contributed by atoms with Crippen molar-refractivity contribution < 1.29 is 14.7 Å². The molecular formula is C15H22N2O3. The minimum Gasteiger partial charge on any atom is -0.481 e. The van der Waals surface area contributed by atoms with Gasteiger partial charge in [-0.1, -0.05) is 17.7 Å². The topological polar surface area (TPSA) is 60.9 Å². The van der Waals surface area contributed by atoms with Gasteiger partial charge in [0, 0.05) is 25.8 Å². The molecule has 1 N–H and O–H groups in total. The minimum absolute atomic E-state index is 0.0414.